The highest BCUT2D eigenvalue weighted by atomic mass is 35.5. The Bertz CT molecular complexity index is 551. The first-order valence-corrected chi connectivity index (χ1v) is 7.37. The van der Waals surface area contributed by atoms with E-state index in [-0.39, 0.29) is 34.8 Å². The van der Waals surface area contributed by atoms with Crippen LogP contribution in [0.2, 0.25) is 15.1 Å². The normalized spacial score (nSPS) is 15.6. The number of carbonyl (C=O) groups excluding carboxylic acids is 1. The van der Waals surface area contributed by atoms with Gasteiger partial charge in [0.25, 0.3) is 0 Å². The van der Waals surface area contributed by atoms with Crippen molar-refractivity contribution < 1.29 is 14.7 Å². The Labute approximate surface area is 136 Å². The van der Waals surface area contributed by atoms with E-state index in [4.69, 9.17) is 39.9 Å². The molecule has 1 aliphatic rings. The van der Waals surface area contributed by atoms with Crippen LogP contribution in [0.4, 0.5) is 5.69 Å². The summed E-state index contributed by atoms with van der Waals surface area (Å²) in [6.45, 7) is 1.37. The Morgan fingerprint density at radius 1 is 1.24 bits per heavy atom. The fourth-order valence-electron chi connectivity index (χ4n) is 2.23. The molecule has 114 valence electrons. The molecule has 0 bridgehead atoms. The zero-order valence-corrected chi connectivity index (χ0v) is 13.2. The molecule has 1 fully saturated rings. The molecule has 1 aromatic carbocycles. The fraction of sp³-hybridized carbons (Fsp3) is 0.385. The number of nitrogens with zero attached hydrogens (tertiary/aromatic N) is 1. The first-order valence-electron chi connectivity index (χ1n) is 6.23. The average molecular weight is 352 g/mol. The van der Waals surface area contributed by atoms with Gasteiger partial charge >= 0.3 is 5.97 Å². The predicted octanol–water partition coefficient (Wildman–Crippen LogP) is 2.99. The molecule has 1 saturated heterocycles. The summed E-state index contributed by atoms with van der Waals surface area (Å²) in [7, 11) is 0. The molecule has 5 nitrogen and oxygen atoms in total. The van der Waals surface area contributed by atoms with E-state index in [1.54, 1.807) is 0 Å². The molecular weight excluding hydrogens is 339 g/mol. The lowest BCUT2D eigenvalue weighted by atomic mass is 9.96. The summed E-state index contributed by atoms with van der Waals surface area (Å²) < 4.78 is 0. The van der Waals surface area contributed by atoms with Crippen molar-refractivity contribution in [1.29, 1.82) is 0 Å². The minimum Gasteiger partial charge on any atom is -0.481 e. The van der Waals surface area contributed by atoms with Crippen LogP contribution in [0.25, 0.3) is 0 Å². The second-order valence-corrected chi connectivity index (χ2v) is 6.20. The van der Waals surface area contributed by atoms with E-state index >= 15 is 0 Å². The van der Waals surface area contributed by atoms with E-state index in [0.717, 1.165) is 0 Å². The summed E-state index contributed by atoms with van der Waals surface area (Å²) in [5.74, 6) is -0.961. The summed E-state index contributed by atoms with van der Waals surface area (Å²) in [6.07, 6.45) is 0.132. The van der Waals surface area contributed by atoms with Crippen LogP contribution in [0.5, 0.6) is 0 Å². The van der Waals surface area contributed by atoms with E-state index < -0.39 is 5.97 Å². The molecule has 2 rings (SSSR count). The number of halogens is 3. The maximum atomic E-state index is 11.9. The van der Waals surface area contributed by atoms with Gasteiger partial charge in [-0.05, 0) is 18.1 Å². The Kier molecular flexibility index (Phi) is 5.32. The van der Waals surface area contributed by atoms with Gasteiger partial charge in [0.1, 0.15) is 0 Å². The highest BCUT2D eigenvalue weighted by Gasteiger charge is 2.29. The second-order valence-electron chi connectivity index (χ2n) is 4.95. The lowest BCUT2D eigenvalue weighted by Gasteiger charge is -2.37. The highest BCUT2D eigenvalue weighted by Crippen LogP contribution is 2.33. The van der Waals surface area contributed by atoms with E-state index in [1.807, 2.05) is 4.90 Å². The molecule has 0 atom stereocenters. The number of carboxylic acid groups (broad SMARTS) is 1. The van der Waals surface area contributed by atoms with Gasteiger partial charge in [-0.15, -0.1) is 0 Å². The first-order chi connectivity index (χ1) is 9.85. The van der Waals surface area contributed by atoms with Crippen molar-refractivity contribution >= 4 is 52.4 Å². The zero-order valence-electron chi connectivity index (χ0n) is 10.9. The molecule has 8 heteroatoms. The van der Waals surface area contributed by atoms with Gasteiger partial charge in [-0.2, -0.15) is 0 Å². The fourth-order valence-corrected chi connectivity index (χ4v) is 3.14. The Morgan fingerprint density at radius 2 is 1.81 bits per heavy atom. The van der Waals surface area contributed by atoms with E-state index in [9.17, 15) is 9.59 Å². The van der Waals surface area contributed by atoms with Crippen LogP contribution in [0.1, 0.15) is 6.42 Å². The molecule has 1 heterocycles. The van der Waals surface area contributed by atoms with Crippen molar-refractivity contribution in [2.45, 2.75) is 6.42 Å². The Balaban J connectivity index is 1.85. The van der Waals surface area contributed by atoms with Crippen molar-refractivity contribution in [3.8, 4) is 0 Å². The van der Waals surface area contributed by atoms with E-state index in [1.165, 1.54) is 12.1 Å². The van der Waals surface area contributed by atoms with Crippen LogP contribution in [-0.4, -0.2) is 41.5 Å². The van der Waals surface area contributed by atoms with Gasteiger partial charge in [0.15, 0.2) is 0 Å². The number of rotatable bonds is 5. The molecule has 1 aliphatic heterocycles. The second kappa shape index (κ2) is 6.83. The maximum absolute atomic E-state index is 11.9. The molecular formula is C13H13Cl3N2O3. The monoisotopic (exact) mass is 350 g/mol. The van der Waals surface area contributed by atoms with Crippen molar-refractivity contribution in [3.63, 3.8) is 0 Å². The van der Waals surface area contributed by atoms with Crippen molar-refractivity contribution in [1.82, 2.24) is 4.90 Å². The third-order valence-electron chi connectivity index (χ3n) is 3.13. The van der Waals surface area contributed by atoms with Crippen LogP contribution >= 0.6 is 34.8 Å². The van der Waals surface area contributed by atoms with Gasteiger partial charge in [0.2, 0.25) is 5.91 Å². The van der Waals surface area contributed by atoms with Crippen molar-refractivity contribution in [2.24, 2.45) is 5.92 Å². The lowest BCUT2D eigenvalue weighted by Crippen LogP contribution is -2.50. The van der Waals surface area contributed by atoms with Crippen LogP contribution in [-0.2, 0) is 9.59 Å². The molecule has 0 unspecified atom stereocenters. The Hall–Kier alpha value is -1.01. The summed E-state index contributed by atoms with van der Waals surface area (Å²) in [5.41, 5.74) is 0.329. The number of carboxylic acids is 1. The van der Waals surface area contributed by atoms with Gasteiger partial charge in [-0.3, -0.25) is 14.5 Å². The summed E-state index contributed by atoms with van der Waals surface area (Å²) in [4.78, 5) is 24.3. The third-order valence-corrected chi connectivity index (χ3v) is 3.95. The zero-order chi connectivity index (χ0) is 15.6. The van der Waals surface area contributed by atoms with Gasteiger partial charge in [-0.25, -0.2) is 0 Å². The number of carbonyl (C=O) groups is 2. The van der Waals surface area contributed by atoms with Crippen LogP contribution in [0.15, 0.2) is 12.1 Å². The summed E-state index contributed by atoms with van der Waals surface area (Å²) in [5, 5.41) is 12.2. The van der Waals surface area contributed by atoms with Crippen molar-refractivity contribution in [2.75, 3.05) is 25.0 Å². The summed E-state index contributed by atoms with van der Waals surface area (Å²) in [6, 6.07) is 2.99. The van der Waals surface area contributed by atoms with Crippen molar-refractivity contribution in [3.05, 3.63) is 27.2 Å². The van der Waals surface area contributed by atoms with Crippen LogP contribution < -0.4 is 5.32 Å². The van der Waals surface area contributed by atoms with Gasteiger partial charge in [0.05, 0.1) is 28.7 Å². The molecule has 0 radical (unpaired) electrons. The smallest absolute Gasteiger partial charge is 0.303 e. The minimum absolute atomic E-state index is 0.109. The number of anilines is 1. The topological polar surface area (TPSA) is 69.6 Å². The van der Waals surface area contributed by atoms with Gasteiger partial charge in [0, 0.05) is 18.1 Å². The molecule has 0 aliphatic carbocycles. The average Bonchev–Trinajstić information content (AvgIpc) is 2.30. The number of aliphatic carboxylic acids is 1. The molecule has 0 aromatic heterocycles. The number of hydrogen-bond acceptors (Lipinski definition) is 3. The van der Waals surface area contributed by atoms with E-state index in [2.05, 4.69) is 5.32 Å². The number of likely N-dealkylation sites (tertiary alicyclic amines) is 1. The molecule has 0 saturated carbocycles. The summed E-state index contributed by atoms with van der Waals surface area (Å²) >= 11 is 17.8. The van der Waals surface area contributed by atoms with E-state index in [0.29, 0.717) is 23.8 Å². The lowest BCUT2D eigenvalue weighted by molar-refractivity contribution is -0.139. The predicted molar refractivity (Wildman–Crippen MR) is 82.3 cm³/mol. The van der Waals surface area contributed by atoms with Crippen LogP contribution in [0, 0.1) is 5.92 Å². The first kappa shape index (κ1) is 16.4. The highest BCUT2D eigenvalue weighted by molar-refractivity contribution is 6.42. The molecule has 2 N–H and O–H groups in total. The number of nitrogens with one attached hydrogen (secondary N) is 1. The standard InChI is InChI=1S/C13H13Cl3N2O3/c14-8-2-9(15)13(10(16)3-8)17-11(19)6-18-4-7(5-18)1-12(20)21/h2-3,7H,1,4-6H2,(H,17,19)(H,20,21). The molecule has 0 spiro atoms. The quantitative estimate of drug-likeness (QED) is 0.855. The third kappa shape index (κ3) is 4.48. The SMILES string of the molecule is O=C(O)CC1CN(CC(=O)Nc2c(Cl)cc(Cl)cc2Cl)C1. The molecule has 1 amide bonds. The van der Waals surface area contributed by atoms with Gasteiger partial charge < -0.3 is 10.4 Å². The number of benzene rings is 1. The largest absolute Gasteiger partial charge is 0.481 e. The minimum atomic E-state index is -0.816. The maximum Gasteiger partial charge on any atom is 0.303 e. The van der Waals surface area contributed by atoms with Crippen LogP contribution in [0.3, 0.4) is 0 Å². The molecule has 1 aromatic rings. The number of hydrogen-bond donors (Lipinski definition) is 2. The Morgan fingerprint density at radius 3 is 2.33 bits per heavy atom. The van der Waals surface area contributed by atoms with Gasteiger partial charge in [-0.1, -0.05) is 34.8 Å². The number of amides is 1. The molecule has 21 heavy (non-hydrogen) atoms.